The molecule has 498 valence electrons. The molecule has 17 atom stereocenters. The van der Waals surface area contributed by atoms with Crippen LogP contribution in [0.25, 0.3) is 0 Å². The molecule has 0 spiro atoms. The first kappa shape index (κ1) is 77.0. The fraction of sp³-hybridized carbons (Fsp3) is 0.985. The molecule has 17 unspecified atom stereocenters. The van der Waals surface area contributed by atoms with Gasteiger partial charge in [0.1, 0.15) is 73.2 Å². The van der Waals surface area contributed by atoms with Gasteiger partial charge >= 0.3 is 0 Å². The van der Waals surface area contributed by atoms with E-state index in [4.69, 9.17) is 28.4 Å². The standard InChI is InChI=1S/C65H125NO18/c1-3-5-7-9-10-11-12-13-14-15-16-17-18-19-20-21-22-23-24-25-26-27-28-29-30-31-32-33-34-35-36-37-39-41-43-53(71)66-48(49(70)42-40-38-8-6-4-2)47-79-63-59(77)56(74)61(51(45-68)81-63)84-65-60(78)57(75)62(52(46-69)82-65)83-64-58(76)55(73)54(72)50(44-67)80-64/h48-52,54-65,67-70,72-78H,3-47H2,1-2H3,(H,66,71). The summed E-state index contributed by atoms with van der Waals surface area (Å²) in [7, 11) is 0. The predicted octanol–water partition coefficient (Wildman–Crippen LogP) is 8.33. The number of unbranched alkanes of at least 4 members (excludes halogenated alkanes) is 37. The van der Waals surface area contributed by atoms with Gasteiger partial charge < -0.3 is 89.9 Å². The summed E-state index contributed by atoms with van der Waals surface area (Å²) in [4.78, 5) is 13.3. The number of aliphatic hydroxyl groups is 11. The van der Waals surface area contributed by atoms with Crippen molar-refractivity contribution in [2.24, 2.45) is 0 Å². The van der Waals surface area contributed by atoms with E-state index in [1.54, 1.807) is 0 Å². The molecule has 19 nitrogen and oxygen atoms in total. The van der Waals surface area contributed by atoms with Gasteiger partial charge in [-0.3, -0.25) is 4.79 Å². The zero-order valence-electron chi connectivity index (χ0n) is 52.4. The highest BCUT2D eigenvalue weighted by atomic mass is 16.8. The molecule has 12 N–H and O–H groups in total. The first-order valence-corrected chi connectivity index (χ1v) is 34.3. The van der Waals surface area contributed by atoms with Crippen LogP contribution in [0, 0.1) is 0 Å². The first-order chi connectivity index (χ1) is 40.8. The minimum atomic E-state index is -1.97. The van der Waals surface area contributed by atoms with Gasteiger partial charge in [-0.25, -0.2) is 0 Å². The Kier molecular flexibility index (Phi) is 44.6. The molecule has 3 aliphatic heterocycles. The van der Waals surface area contributed by atoms with Crippen LogP contribution in [-0.2, 0) is 33.2 Å². The Morgan fingerprint density at radius 1 is 0.381 bits per heavy atom. The van der Waals surface area contributed by atoms with Gasteiger partial charge in [0.15, 0.2) is 18.9 Å². The number of rotatable bonds is 53. The van der Waals surface area contributed by atoms with E-state index in [9.17, 15) is 61.0 Å². The smallest absolute Gasteiger partial charge is 0.220 e. The molecular formula is C65H125NO18. The van der Waals surface area contributed by atoms with Crippen molar-refractivity contribution in [2.45, 2.75) is 381 Å². The third-order valence-electron chi connectivity index (χ3n) is 17.7. The maximum atomic E-state index is 13.3. The van der Waals surface area contributed by atoms with Crippen molar-refractivity contribution < 1.29 is 89.4 Å². The van der Waals surface area contributed by atoms with Crippen LogP contribution in [0.3, 0.4) is 0 Å². The number of nitrogens with one attached hydrogen (secondary N) is 1. The quantitative estimate of drug-likeness (QED) is 0.0255. The lowest BCUT2D eigenvalue weighted by Crippen LogP contribution is -2.66. The average Bonchev–Trinajstić information content (AvgIpc) is 2.47. The van der Waals surface area contributed by atoms with E-state index < -0.39 is 124 Å². The average molecular weight is 1210 g/mol. The number of hydrogen-bond donors (Lipinski definition) is 12. The van der Waals surface area contributed by atoms with E-state index in [0.29, 0.717) is 12.8 Å². The Bertz CT molecular complexity index is 1540. The Morgan fingerprint density at radius 2 is 0.679 bits per heavy atom. The summed E-state index contributed by atoms with van der Waals surface area (Å²) in [6, 6.07) is -0.878. The Hall–Kier alpha value is -1.21. The highest BCUT2D eigenvalue weighted by Crippen LogP contribution is 2.33. The molecule has 0 aliphatic carbocycles. The summed E-state index contributed by atoms with van der Waals surface area (Å²) in [5.74, 6) is -0.244. The highest BCUT2D eigenvalue weighted by Gasteiger charge is 2.53. The van der Waals surface area contributed by atoms with Crippen molar-refractivity contribution in [2.75, 3.05) is 26.4 Å². The highest BCUT2D eigenvalue weighted by molar-refractivity contribution is 5.76. The van der Waals surface area contributed by atoms with Crippen LogP contribution in [0.5, 0.6) is 0 Å². The molecule has 3 rings (SSSR count). The number of hydrogen-bond acceptors (Lipinski definition) is 18. The van der Waals surface area contributed by atoms with E-state index in [1.807, 2.05) is 0 Å². The van der Waals surface area contributed by atoms with Gasteiger partial charge in [0.2, 0.25) is 5.91 Å². The minimum Gasteiger partial charge on any atom is -0.394 e. The van der Waals surface area contributed by atoms with Gasteiger partial charge in [-0.1, -0.05) is 258 Å². The summed E-state index contributed by atoms with van der Waals surface area (Å²) < 4.78 is 34.2. The van der Waals surface area contributed by atoms with Crippen LogP contribution in [-0.4, -0.2) is 193 Å². The second kappa shape index (κ2) is 48.6. The number of aliphatic hydroxyl groups excluding tert-OH is 11. The number of amides is 1. The number of ether oxygens (including phenoxy) is 6. The SMILES string of the molecule is CCCCCCCCCCCCCCCCCCCCCCCCCCCCCCCCCCCCC(=O)NC(COC1OC(CO)C(OC2OC(CO)C(OC3OC(CO)C(O)C(O)C3O)C(O)C2O)C(O)C1O)C(O)CCCCCCC. The maximum absolute atomic E-state index is 13.3. The lowest BCUT2D eigenvalue weighted by Gasteiger charge is -2.48. The van der Waals surface area contributed by atoms with Gasteiger partial charge in [-0.2, -0.15) is 0 Å². The van der Waals surface area contributed by atoms with Gasteiger partial charge in [0.05, 0.1) is 38.6 Å². The number of carbonyl (C=O) groups is 1. The molecule has 0 aromatic heterocycles. The van der Waals surface area contributed by atoms with E-state index >= 15 is 0 Å². The summed E-state index contributed by atoms with van der Waals surface area (Å²) in [5, 5.41) is 120. The molecular weight excluding hydrogens is 1080 g/mol. The predicted molar refractivity (Wildman–Crippen MR) is 324 cm³/mol. The topological polar surface area (TPSA) is 307 Å². The van der Waals surface area contributed by atoms with E-state index in [-0.39, 0.29) is 18.9 Å². The van der Waals surface area contributed by atoms with Crippen LogP contribution in [0.2, 0.25) is 0 Å². The lowest BCUT2D eigenvalue weighted by atomic mass is 9.96. The monoisotopic (exact) mass is 1210 g/mol. The third-order valence-corrected chi connectivity index (χ3v) is 17.7. The fourth-order valence-electron chi connectivity index (χ4n) is 12.1. The molecule has 3 fully saturated rings. The molecule has 0 radical (unpaired) electrons. The molecule has 84 heavy (non-hydrogen) atoms. The van der Waals surface area contributed by atoms with E-state index in [1.165, 1.54) is 193 Å². The van der Waals surface area contributed by atoms with Crippen LogP contribution in [0.1, 0.15) is 277 Å². The van der Waals surface area contributed by atoms with Gasteiger partial charge in [0, 0.05) is 6.42 Å². The normalized spacial score (nSPS) is 29.1. The van der Waals surface area contributed by atoms with Crippen molar-refractivity contribution in [1.82, 2.24) is 5.32 Å². The molecule has 0 aromatic rings. The third kappa shape index (κ3) is 31.0. The van der Waals surface area contributed by atoms with E-state index in [2.05, 4.69) is 19.2 Å². The molecule has 0 aromatic carbocycles. The second-order valence-corrected chi connectivity index (χ2v) is 25.0. The van der Waals surface area contributed by atoms with Crippen molar-refractivity contribution in [3.63, 3.8) is 0 Å². The zero-order chi connectivity index (χ0) is 61.2. The van der Waals surface area contributed by atoms with Gasteiger partial charge in [0.25, 0.3) is 0 Å². The largest absolute Gasteiger partial charge is 0.394 e. The lowest BCUT2D eigenvalue weighted by molar-refractivity contribution is -0.379. The van der Waals surface area contributed by atoms with Crippen LogP contribution < -0.4 is 5.32 Å². The van der Waals surface area contributed by atoms with Crippen LogP contribution >= 0.6 is 0 Å². The second-order valence-electron chi connectivity index (χ2n) is 25.0. The summed E-state index contributed by atoms with van der Waals surface area (Å²) in [6.07, 6.45) is 24.6. The first-order valence-electron chi connectivity index (χ1n) is 34.3. The van der Waals surface area contributed by atoms with Crippen molar-refractivity contribution in [3.8, 4) is 0 Å². The Balaban J connectivity index is 1.25. The summed E-state index contributed by atoms with van der Waals surface area (Å²) in [5.41, 5.74) is 0. The zero-order valence-corrected chi connectivity index (χ0v) is 52.4. The van der Waals surface area contributed by atoms with Crippen molar-refractivity contribution in [1.29, 1.82) is 0 Å². The Morgan fingerprint density at radius 3 is 1.04 bits per heavy atom. The van der Waals surface area contributed by atoms with Gasteiger partial charge in [-0.15, -0.1) is 0 Å². The molecule has 19 heteroatoms. The van der Waals surface area contributed by atoms with Crippen LogP contribution in [0.15, 0.2) is 0 Å². The fourth-order valence-corrected chi connectivity index (χ4v) is 12.1. The van der Waals surface area contributed by atoms with Crippen LogP contribution in [0.4, 0.5) is 0 Å². The van der Waals surface area contributed by atoms with Crippen molar-refractivity contribution in [3.05, 3.63) is 0 Å². The minimum absolute atomic E-state index is 0.244. The molecule has 3 heterocycles. The van der Waals surface area contributed by atoms with Crippen molar-refractivity contribution >= 4 is 5.91 Å². The van der Waals surface area contributed by atoms with E-state index in [0.717, 1.165) is 51.4 Å². The summed E-state index contributed by atoms with van der Waals surface area (Å²) >= 11 is 0. The molecule has 3 aliphatic rings. The molecule has 0 saturated carbocycles. The molecule has 0 bridgehead atoms. The van der Waals surface area contributed by atoms with Gasteiger partial charge in [-0.05, 0) is 12.8 Å². The maximum Gasteiger partial charge on any atom is 0.220 e. The molecule has 3 saturated heterocycles. The molecule has 1 amide bonds. The summed E-state index contributed by atoms with van der Waals surface area (Å²) in [6.45, 7) is 1.71. The Labute approximate surface area is 506 Å². The number of carbonyl (C=O) groups excluding carboxylic acids is 1.